The lowest BCUT2D eigenvalue weighted by molar-refractivity contribution is 0.315. The summed E-state index contributed by atoms with van der Waals surface area (Å²) < 4.78 is 31.8. The van der Waals surface area contributed by atoms with Gasteiger partial charge in [-0.25, -0.2) is 8.78 Å². The van der Waals surface area contributed by atoms with Crippen molar-refractivity contribution in [2.75, 3.05) is 20.7 Å². The van der Waals surface area contributed by atoms with Crippen LogP contribution in [0.15, 0.2) is 12.1 Å². The summed E-state index contributed by atoms with van der Waals surface area (Å²) in [4.78, 5) is 1.85. The zero-order valence-corrected chi connectivity index (χ0v) is 10.5. The van der Waals surface area contributed by atoms with Crippen molar-refractivity contribution in [1.82, 2.24) is 4.90 Å². The average molecular weight is 254 g/mol. The fourth-order valence-electron chi connectivity index (χ4n) is 1.65. The molecule has 0 aliphatic rings. The number of nitrogens with zero attached hydrogens (tertiary/aromatic N) is 2. The molecular formula is C13H16F2N2O. The standard InChI is InChI=1S/C13H16F2N2O/c1-17(6-4-3-5-16)9-10-7-12(15)13(18-2)8-11(10)14/h7-8H,3-4,6,9H2,1-2H3. The second-order valence-electron chi connectivity index (χ2n) is 4.08. The molecule has 0 bridgehead atoms. The van der Waals surface area contributed by atoms with Gasteiger partial charge in [-0.15, -0.1) is 0 Å². The van der Waals surface area contributed by atoms with Crippen LogP contribution in [0.1, 0.15) is 18.4 Å². The van der Waals surface area contributed by atoms with Crippen LogP contribution in [0.3, 0.4) is 0 Å². The van der Waals surface area contributed by atoms with Crippen molar-refractivity contribution in [3.8, 4) is 11.8 Å². The van der Waals surface area contributed by atoms with E-state index >= 15 is 0 Å². The molecule has 0 saturated carbocycles. The molecule has 5 heteroatoms. The van der Waals surface area contributed by atoms with E-state index in [1.54, 1.807) is 7.05 Å². The number of hydrogen-bond acceptors (Lipinski definition) is 3. The molecule has 0 atom stereocenters. The van der Waals surface area contributed by atoms with Crippen LogP contribution in [0.25, 0.3) is 0 Å². The summed E-state index contributed by atoms with van der Waals surface area (Å²) in [6.45, 7) is 0.971. The van der Waals surface area contributed by atoms with E-state index in [0.717, 1.165) is 12.1 Å². The summed E-state index contributed by atoms with van der Waals surface area (Å²) in [7, 11) is 3.10. The second kappa shape index (κ2) is 6.92. The van der Waals surface area contributed by atoms with Gasteiger partial charge in [0.25, 0.3) is 0 Å². The summed E-state index contributed by atoms with van der Waals surface area (Å²) >= 11 is 0. The summed E-state index contributed by atoms with van der Waals surface area (Å²) in [5, 5.41) is 8.42. The predicted molar refractivity (Wildman–Crippen MR) is 64.1 cm³/mol. The van der Waals surface area contributed by atoms with Crippen molar-refractivity contribution in [2.45, 2.75) is 19.4 Å². The lowest BCUT2D eigenvalue weighted by Crippen LogP contribution is -2.20. The van der Waals surface area contributed by atoms with E-state index in [0.29, 0.717) is 25.9 Å². The number of halogens is 2. The van der Waals surface area contributed by atoms with E-state index in [2.05, 4.69) is 0 Å². The minimum atomic E-state index is -0.570. The van der Waals surface area contributed by atoms with Crippen LogP contribution in [-0.2, 0) is 6.54 Å². The maximum Gasteiger partial charge on any atom is 0.165 e. The quantitative estimate of drug-likeness (QED) is 0.732. The Balaban J connectivity index is 2.67. The van der Waals surface area contributed by atoms with E-state index in [1.165, 1.54) is 7.11 Å². The maximum atomic E-state index is 13.6. The largest absolute Gasteiger partial charge is 0.494 e. The van der Waals surface area contributed by atoms with Crippen LogP contribution in [0.4, 0.5) is 8.78 Å². The van der Waals surface area contributed by atoms with E-state index < -0.39 is 11.6 Å². The molecule has 0 unspecified atom stereocenters. The molecule has 1 aromatic carbocycles. The van der Waals surface area contributed by atoms with Gasteiger partial charge in [0.2, 0.25) is 0 Å². The fraction of sp³-hybridized carbons (Fsp3) is 0.462. The first-order chi connectivity index (χ1) is 8.58. The Hall–Kier alpha value is -1.67. The minimum Gasteiger partial charge on any atom is -0.494 e. The van der Waals surface area contributed by atoms with Gasteiger partial charge in [0, 0.05) is 24.6 Å². The lowest BCUT2D eigenvalue weighted by Gasteiger charge is -2.16. The number of nitriles is 1. The van der Waals surface area contributed by atoms with Crippen LogP contribution in [0.5, 0.6) is 5.75 Å². The van der Waals surface area contributed by atoms with E-state index in [-0.39, 0.29) is 11.3 Å². The first-order valence-electron chi connectivity index (χ1n) is 5.66. The smallest absolute Gasteiger partial charge is 0.165 e. The average Bonchev–Trinajstić information content (AvgIpc) is 2.33. The lowest BCUT2D eigenvalue weighted by atomic mass is 10.1. The zero-order valence-electron chi connectivity index (χ0n) is 10.5. The molecule has 18 heavy (non-hydrogen) atoms. The van der Waals surface area contributed by atoms with Crippen LogP contribution in [0.2, 0.25) is 0 Å². The number of benzene rings is 1. The SMILES string of the molecule is COc1cc(F)c(CN(C)CCCC#N)cc1F. The molecule has 0 amide bonds. The number of unbranched alkanes of at least 4 members (excludes halogenated alkanes) is 1. The Labute approximate surface area is 106 Å². The van der Waals surface area contributed by atoms with E-state index in [9.17, 15) is 8.78 Å². The van der Waals surface area contributed by atoms with E-state index in [1.807, 2.05) is 11.0 Å². The third-order valence-electron chi connectivity index (χ3n) is 2.59. The molecule has 0 radical (unpaired) electrons. The van der Waals surface area contributed by atoms with Gasteiger partial charge < -0.3 is 9.64 Å². The Morgan fingerprint density at radius 1 is 1.33 bits per heavy atom. The van der Waals surface area contributed by atoms with Crippen molar-refractivity contribution in [3.05, 3.63) is 29.3 Å². The normalized spacial score (nSPS) is 10.4. The molecule has 0 aliphatic carbocycles. The van der Waals surface area contributed by atoms with Gasteiger partial charge in [-0.3, -0.25) is 0 Å². The van der Waals surface area contributed by atoms with Gasteiger partial charge in [-0.1, -0.05) is 0 Å². The third kappa shape index (κ3) is 3.97. The molecule has 3 nitrogen and oxygen atoms in total. The number of ether oxygens (including phenoxy) is 1. The van der Waals surface area contributed by atoms with Gasteiger partial charge in [0.05, 0.1) is 13.2 Å². The molecule has 0 N–H and O–H groups in total. The van der Waals surface area contributed by atoms with Gasteiger partial charge in [-0.2, -0.15) is 5.26 Å². The highest BCUT2D eigenvalue weighted by atomic mass is 19.1. The van der Waals surface area contributed by atoms with Gasteiger partial charge >= 0.3 is 0 Å². The molecule has 98 valence electrons. The first-order valence-corrected chi connectivity index (χ1v) is 5.66. The minimum absolute atomic E-state index is 0.0941. The highest BCUT2D eigenvalue weighted by molar-refractivity contribution is 5.30. The molecule has 0 spiro atoms. The Kier molecular flexibility index (Phi) is 5.53. The van der Waals surface area contributed by atoms with Crippen molar-refractivity contribution in [3.63, 3.8) is 0 Å². The second-order valence-corrected chi connectivity index (χ2v) is 4.08. The molecular weight excluding hydrogens is 238 g/mol. The summed E-state index contributed by atoms with van der Waals surface area (Å²) in [6.07, 6.45) is 1.18. The third-order valence-corrected chi connectivity index (χ3v) is 2.59. The van der Waals surface area contributed by atoms with Crippen LogP contribution < -0.4 is 4.74 Å². The first kappa shape index (κ1) is 14.4. The van der Waals surface area contributed by atoms with Crippen molar-refractivity contribution in [2.24, 2.45) is 0 Å². The summed E-state index contributed by atoms with van der Waals surface area (Å²) in [5.41, 5.74) is 0.285. The number of methoxy groups -OCH3 is 1. The Bertz CT molecular complexity index is 443. The molecule has 0 saturated heterocycles. The van der Waals surface area contributed by atoms with Crippen LogP contribution in [0, 0.1) is 23.0 Å². The Morgan fingerprint density at radius 3 is 2.67 bits per heavy atom. The molecule has 0 aliphatic heterocycles. The summed E-state index contributed by atoms with van der Waals surface area (Å²) in [5.74, 6) is -1.15. The molecule has 0 aromatic heterocycles. The topological polar surface area (TPSA) is 36.3 Å². The Morgan fingerprint density at radius 2 is 2.06 bits per heavy atom. The predicted octanol–water partition coefficient (Wildman–Crippen LogP) is 2.71. The van der Waals surface area contributed by atoms with Gasteiger partial charge in [0.1, 0.15) is 5.82 Å². The van der Waals surface area contributed by atoms with Crippen molar-refractivity contribution in [1.29, 1.82) is 5.26 Å². The van der Waals surface area contributed by atoms with Crippen molar-refractivity contribution >= 4 is 0 Å². The maximum absolute atomic E-state index is 13.6. The highest BCUT2D eigenvalue weighted by Gasteiger charge is 2.11. The van der Waals surface area contributed by atoms with Gasteiger partial charge in [0.15, 0.2) is 11.6 Å². The highest BCUT2D eigenvalue weighted by Crippen LogP contribution is 2.22. The molecule has 0 fully saturated rings. The molecule has 0 heterocycles. The fourth-order valence-corrected chi connectivity index (χ4v) is 1.65. The summed E-state index contributed by atoms with van der Waals surface area (Å²) in [6, 6.07) is 4.24. The van der Waals surface area contributed by atoms with Crippen LogP contribution >= 0.6 is 0 Å². The number of rotatable bonds is 6. The van der Waals surface area contributed by atoms with Gasteiger partial charge in [-0.05, 0) is 26.1 Å². The molecule has 1 rings (SSSR count). The van der Waals surface area contributed by atoms with Crippen LogP contribution in [-0.4, -0.2) is 25.6 Å². The van der Waals surface area contributed by atoms with Crippen molar-refractivity contribution < 1.29 is 13.5 Å². The monoisotopic (exact) mass is 254 g/mol. The zero-order chi connectivity index (χ0) is 13.5. The van der Waals surface area contributed by atoms with E-state index in [4.69, 9.17) is 10.00 Å². The number of hydrogen-bond donors (Lipinski definition) is 0. The molecule has 1 aromatic rings.